The highest BCUT2D eigenvalue weighted by Crippen LogP contribution is 2.23. The van der Waals surface area contributed by atoms with Gasteiger partial charge >= 0.3 is 5.69 Å². The Morgan fingerprint density at radius 1 is 1.22 bits per heavy atom. The Bertz CT molecular complexity index is 847. The number of amides is 2. The average Bonchev–Trinajstić information content (AvgIpc) is 2.71. The number of aryl methyl sites for hydroxylation is 1. The highest BCUT2D eigenvalue weighted by atomic mass is 16.2. The summed E-state index contributed by atoms with van der Waals surface area (Å²) in [4.78, 5) is 38.1. The summed E-state index contributed by atoms with van der Waals surface area (Å²) >= 11 is 0. The molecule has 1 saturated heterocycles. The van der Waals surface area contributed by atoms with Crippen molar-refractivity contribution in [3.05, 3.63) is 34.2 Å². The molecule has 1 aromatic heterocycles. The number of nitrogens with zero attached hydrogens (tertiary/aromatic N) is 3. The third-order valence-corrected chi connectivity index (χ3v) is 4.17. The van der Waals surface area contributed by atoms with Crippen molar-refractivity contribution in [2.75, 3.05) is 14.1 Å². The molecule has 1 N–H and O–H groups in total. The molecule has 7 heteroatoms. The van der Waals surface area contributed by atoms with Crippen LogP contribution in [0, 0.1) is 0 Å². The van der Waals surface area contributed by atoms with Crippen molar-refractivity contribution in [3.8, 4) is 0 Å². The van der Waals surface area contributed by atoms with Gasteiger partial charge in [0.1, 0.15) is 6.04 Å². The maximum absolute atomic E-state index is 12.6. The van der Waals surface area contributed by atoms with E-state index in [4.69, 9.17) is 0 Å². The molecule has 7 nitrogen and oxygen atoms in total. The molecule has 1 aromatic carbocycles. The van der Waals surface area contributed by atoms with Crippen molar-refractivity contribution in [2.45, 2.75) is 25.4 Å². The van der Waals surface area contributed by atoms with Crippen LogP contribution in [0.15, 0.2) is 23.0 Å². The molecule has 0 radical (unpaired) electrons. The maximum Gasteiger partial charge on any atom is 0.329 e. The first-order valence-corrected chi connectivity index (χ1v) is 7.56. The highest BCUT2D eigenvalue weighted by Gasteiger charge is 2.31. The van der Waals surface area contributed by atoms with Crippen LogP contribution in [0.3, 0.4) is 0 Å². The topological polar surface area (TPSA) is 76.3 Å². The van der Waals surface area contributed by atoms with Gasteiger partial charge in [0.05, 0.1) is 11.0 Å². The standard InChI is InChI=1S/C16H20N4O3/c1-18(2)9-10-4-5-11-13(8-10)19(3)16(23)20(11)12-6-7-14(21)17-15(12)22/h4-5,8,12H,6-7,9H2,1-3H3,(H,17,21,22). The van der Waals surface area contributed by atoms with Gasteiger partial charge < -0.3 is 4.90 Å². The Hall–Kier alpha value is -2.41. The number of hydrogen-bond acceptors (Lipinski definition) is 4. The molecule has 1 atom stereocenters. The fourth-order valence-corrected chi connectivity index (χ4v) is 3.10. The number of carbonyl (C=O) groups is 2. The van der Waals surface area contributed by atoms with Crippen molar-refractivity contribution in [3.63, 3.8) is 0 Å². The van der Waals surface area contributed by atoms with Crippen LogP contribution in [0.5, 0.6) is 0 Å². The molecule has 122 valence electrons. The normalized spacial score (nSPS) is 18.7. The Morgan fingerprint density at radius 3 is 2.61 bits per heavy atom. The molecule has 0 bridgehead atoms. The van der Waals surface area contributed by atoms with Gasteiger partial charge in [-0.3, -0.25) is 24.0 Å². The van der Waals surface area contributed by atoms with E-state index < -0.39 is 11.9 Å². The molecule has 1 fully saturated rings. The van der Waals surface area contributed by atoms with Crippen molar-refractivity contribution < 1.29 is 9.59 Å². The SMILES string of the molecule is CN(C)Cc1ccc2c(c1)n(C)c(=O)n2C1CCC(=O)NC1=O. The van der Waals surface area contributed by atoms with Crippen molar-refractivity contribution >= 4 is 22.8 Å². The highest BCUT2D eigenvalue weighted by molar-refractivity contribution is 6.00. The van der Waals surface area contributed by atoms with Crippen molar-refractivity contribution in [1.29, 1.82) is 0 Å². The van der Waals surface area contributed by atoms with Gasteiger partial charge in [0.15, 0.2) is 0 Å². The number of imidazole rings is 1. The van der Waals surface area contributed by atoms with Gasteiger partial charge in [-0.1, -0.05) is 6.07 Å². The van der Waals surface area contributed by atoms with Crippen LogP contribution in [-0.4, -0.2) is 39.9 Å². The molecule has 1 aliphatic heterocycles. The molecular formula is C16H20N4O3. The van der Waals surface area contributed by atoms with Gasteiger partial charge in [-0.05, 0) is 38.2 Å². The summed E-state index contributed by atoms with van der Waals surface area (Å²) in [5.74, 6) is -0.693. The molecule has 1 aliphatic rings. The Kier molecular flexibility index (Phi) is 3.81. The third kappa shape index (κ3) is 2.68. The Morgan fingerprint density at radius 2 is 1.96 bits per heavy atom. The summed E-state index contributed by atoms with van der Waals surface area (Å²) < 4.78 is 3.05. The summed E-state index contributed by atoms with van der Waals surface area (Å²) in [7, 11) is 5.67. The molecule has 1 unspecified atom stereocenters. The number of fused-ring (bicyclic) bond motifs is 1. The summed E-state index contributed by atoms with van der Waals surface area (Å²) in [5.41, 5.74) is 2.36. The molecule has 0 spiro atoms. The number of aromatic nitrogens is 2. The van der Waals surface area contributed by atoms with Crippen molar-refractivity contribution in [1.82, 2.24) is 19.4 Å². The van der Waals surface area contributed by atoms with E-state index in [-0.39, 0.29) is 18.0 Å². The number of carbonyl (C=O) groups excluding carboxylic acids is 2. The lowest BCUT2D eigenvalue weighted by Gasteiger charge is -2.22. The zero-order valence-corrected chi connectivity index (χ0v) is 13.5. The zero-order valence-electron chi connectivity index (χ0n) is 13.5. The van der Waals surface area contributed by atoms with Gasteiger partial charge in [-0.25, -0.2) is 4.79 Å². The van der Waals surface area contributed by atoms with E-state index in [1.54, 1.807) is 11.6 Å². The van der Waals surface area contributed by atoms with E-state index in [1.165, 1.54) is 4.57 Å². The molecule has 2 amide bonds. The smallest absolute Gasteiger partial charge is 0.305 e. The molecule has 0 aliphatic carbocycles. The Balaban J connectivity index is 2.11. The average molecular weight is 316 g/mol. The second kappa shape index (κ2) is 5.66. The number of imide groups is 1. The summed E-state index contributed by atoms with van der Waals surface area (Å²) in [6, 6.07) is 5.17. The first-order valence-electron chi connectivity index (χ1n) is 7.56. The zero-order chi connectivity index (χ0) is 16.7. The first kappa shape index (κ1) is 15.5. The fourth-order valence-electron chi connectivity index (χ4n) is 3.10. The molecule has 2 aromatic rings. The van der Waals surface area contributed by atoms with Gasteiger partial charge in [0.2, 0.25) is 11.8 Å². The van der Waals surface area contributed by atoms with Crippen LogP contribution in [-0.2, 0) is 23.2 Å². The van der Waals surface area contributed by atoms with E-state index >= 15 is 0 Å². The fraction of sp³-hybridized carbons (Fsp3) is 0.438. The summed E-state index contributed by atoms with van der Waals surface area (Å²) in [6.45, 7) is 0.772. The van der Waals surface area contributed by atoms with E-state index in [0.29, 0.717) is 6.42 Å². The van der Waals surface area contributed by atoms with Gasteiger partial charge in [0.25, 0.3) is 0 Å². The predicted octanol–water partition coefficient (Wildman–Crippen LogP) is 0.379. The summed E-state index contributed by atoms with van der Waals surface area (Å²) in [6.07, 6.45) is 0.598. The monoisotopic (exact) mass is 316 g/mol. The third-order valence-electron chi connectivity index (χ3n) is 4.17. The molecule has 3 rings (SSSR count). The lowest BCUT2D eigenvalue weighted by atomic mass is 10.1. The molecular weight excluding hydrogens is 296 g/mol. The Labute approximate surface area is 133 Å². The predicted molar refractivity (Wildman–Crippen MR) is 86.0 cm³/mol. The van der Waals surface area contributed by atoms with Crippen molar-refractivity contribution in [2.24, 2.45) is 7.05 Å². The number of nitrogens with one attached hydrogen (secondary N) is 1. The number of hydrogen-bond donors (Lipinski definition) is 1. The van der Waals surface area contributed by atoms with Crippen LogP contribution >= 0.6 is 0 Å². The van der Waals surface area contributed by atoms with E-state index in [0.717, 1.165) is 23.1 Å². The largest absolute Gasteiger partial charge is 0.329 e. The lowest BCUT2D eigenvalue weighted by molar-refractivity contribution is -0.135. The first-order chi connectivity index (χ1) is 10.9. The van der Waals surface area contributed by atoms with Crippen LogP contribution in [0.4, 0.5) is 0 Å². The van der Waals surface area contributed by atoms with Crippen LogP contribution in [0.1, 0.15) is 24.4 Å². The van der Waals surface area contributed by atoms with Gasteiger partial charge in [-0.2, -0.15) is 0 Å². The molecule has 2 heterocycles. The number of benzene rings is 1. The van der Waals surface area contributed by atoms with Crippen LogP contribution in [0.25, 0.3) is 11.0 Å². The quantitative estimate of drug-likeness (QED) is 0.831. The molecule has 23 heavy (non-hydrogen) atoms. The minimum absolute atomic E-state index is 0.239. The lowest BCUT2D eigenvalue weighted by Crippen LogP contribution is -2.44. The van der Waals surface area contributed by atoms with E-state index in [2.05, 4.69) is 10.2 Å². The number of rotatable bonds is 3. The van der Waals surface area contributed by atoms with E-state index in [1.807, 2.05) is 32.3 Å². The minimum Gasteiger partial charge on any atom is -0.305 e. The van der Waals surface area contributed by atoms with Gasteiger partial charge in [-0.15, -0.1) is 0 Å². The molecule has 0 saturated carbocycles. The maximum atomic E-state index is 12.6. The van der Waals surface area contributed by atoms with Gasteiger partial charge in [0, 0.05) is 20.0 Å². The second-order valence-corrected chi connectivity index (χ2v) is 6.24. The number of piperidine rings is 1. The van der Waals surface area contributed by atoms with E-state index in [9.17, 15) is 14.4 Å². The van der Waals surface area contributed by atoms with Crippen LogP contribution in [0.2, 0.25) is 0 Å². The van der Waals surface area contributed by atoms with Crippen LogP contribution < -0.4 is 11.0 Å². The summed E-state index contributed by atoms with van der Waals surface area (Å²) in [5, 5.41) is 2.31. The second-order valence-electron chi connectivity index (χ2n) is 6.24. The minimum atomic E-state index is -0.636.